The third kappa shape index (κ3) is 4.85. The molecule has 2 heterocycles. The molecule has 1 fully saturated rings. The van der Waals surface area contributed by atoms with Crippen molar-refractivity contribution in [1.82, 2.24) is 9.55 Å². The summed E-state index contributed by atoms with van der Waals surface area (Å²) in [5.74, 6) is 0.652. The van der Waals surface area contributed by atoms with Crippen molar-refractivity contribution in [2.75, 3.05) is 39.3 Å². The minimum absolute atomic E-state index is 0.128. The molecule has 31 heavy (non-hydrogen) atoms. The van der Waals surface area contributed by atoms with Gasteiger partial charge >= 0.3 is 0 Å². The van der Waals surface area contributed by atoms with E-state index in [4.69, 9.17) is 0 Å². The Morgan fingerprint density at radius 2 is 1.74 bits per heavy atom. The Kier molecular flexibility index (Phi) is 6.46. The minimum Gasteiger partial charge on any atom is -0.506 e. The van der Waals surface area contributed by atoms with E-state index >= 15 is 0 Å². The molecule has 1 aliphatic rings. The molecular weight excluding hydrogens is 386 g/mol. The zero-order valence-corrected chi connectivity index (χ0v) is 17.9. The number of piperazine rings is 1. The van der Waals surface area contributed by atoms with Crippen molar-refractivity contribution in [2.45, 2.75) is 0 Å². The monoisotopic (exact) mass is 415 g/mol. The lowest BCUT2D eigenvalue weighted by Gasteiger charge is -2.29. The number of allylic oxidation sites excluding steroid dienone is 1. The predicted octanol–water partition coefficient (Wildman–Crippen LogP) is 0.863. The Morgan fingerprint density at radius 1 is 1.06 bits per heavy atom. The minimum atomic E-state index is 0.128. The molecule has 1 aromatic heterocycles. The fourth-order valence-corrected chi connectivity index (χ4v) is 4.20. The summed E-state index contributed by atoms with van der Waals surface area (Å²) in [7, 11) is 1.88. The predicted molar refractivity (Wildman–Crippen MR) is 122 cm³/mol. The lowest BCUT2D eigenvalue weighted by atomic mass is 10.2. The Labute approximate surface area is 183 Å². The largest absolute Gasteiger partial charge is 0.506 e. The van der Waals surface area contributed by atoms with Crippen LogP contribution >= 0.6 is 0 Å². The van der Waals surface area contributed by atoms with Gasteiger partial charge in [-0.15, -0.1) is 0 Å². The molecule has 0 saturated carbocycles. The average molecular weight is 416 g/mol. The van der Waals surface area contributed by atoms with Crippen LogP contribution in [0, 0.1) is 11.3 Å². The normalized spacial score (nSPS) is 20.0. The second-order valence-electron chi connectivity index (χ2n) is 8.11. The van der Waals surface area contributed by atoms with E-state index in [-0.39, 0.29) is 11.3 Å². The molecule has 0 radical (unpaired) electrons. The molecule has 2 aromatic carbocycles. The summed E-state index contributed by atoms with van der Waals surface area (Å²) in [6.07, 6.45) is 4.42. The number of hydrogen-bond donors (Lipinski definition) is 3. The van der Waals surface area contributed by atoms with E-state index in [1.165, 1.54) is 10.5 Å². The van der Waals surface area contributed by atoms with Crippen molar-refractivity contribution in [3.8, 4) is 6.07 Å². The van der Waals surface area contributed by atoms with Gasteiger partial charge in [0, 0.05) is 7.05 Å². The number of fused-ring (bicyclic) bond motifs is 1. The Balaban J connectivity index is 1.36. The third-order valence-electron chi connectivity index (χ3n) is 6.01. The van der Waals surface area contributed by atoms with Crippen LogP contribution in [0.5, 0.6) is 0 Å². The number of hydrogen-bond acceptors (Lipinski definition) is 3. The van der Waals surface area contributed by atoms with E-state index in [0.717, 1.165) is 43.8 Å². The van der Waals surface area contributed by atoms with Gasteiger partial charge < -0.3 is 19.5 Å². The number of aliphatic hydroxyl groups is 1. The molecule has 4 rings (SSSR count). The van der Waals surface area contributed by atoms with E-state index in [9.17, 15) is 10.4 Å². The van der Waals surface area contributed by atoms with E-state index in [1.54, 1.807) is 4.90 Å². The van der Waals surface area contributed by atoms with Crippen LogP contribution in [0.25, 0.3) is 22.7 Å². The topological polar surface area (TPSA) is 70.7 Å². The number of aromatic nitrogens is 2. The molecule has 0 unspecified atom stereocenters. The molecule has 0 amide bonds. The van der Waals surface area contributed by atoms with E-state index in [1.807, 2.05) is 41.9 Å². The first-order valence-electron chi connectivity index (χ1n) is 10.8. The number of para-hydroxylation sites is 2. The quantitative estimate of drug-likeness (QED) is 0.413. The molecule has 6 heteroatoms. The highest BCUT2D eigenvalue weighted by Crippen LogP contribution is 2.21. The van der Waals surface area contributed by atoms with Crippen molar-refractivity contribution in [1.29, 1.82) is 5.26 Å². The lowest BCUT2D eigenvalue weighted by molar-refractivity contribution is -1.01. The maximum atomic E-state index is 10.8. The van der Waals surface area contributed by atoms with Gasteiger partial charge in [-0.3, -0.25) is 0 Å². The number of imidazole rings is 1. The first kappa shape index (κ1) is 20.9. The van der Waals surface area contributed by atoms with Crippen LogP contribution in [0.3, 0.4) is 0 Å². The number of aliphatic hydroxyl groups excluding tert-OH is 1. The summed E-state index contributed by atoms with van der Waals surface area (Å²) in [6, 6.07) is 20.3. The van der Waals surface area contributed by atoms with Crippen molar-refractivity contribution in [3.63, 3.8) is 0 Å². The highest BCUT2D eigenvalue weighted by molar-refractivity contribution is 5.83. The Bertz CT molecular complexity index is 1130. The standard InChI is InChI=1S/C25H27N5O/c1-28-23-12-6-5-11-22(23)27-25(28)21(18-26)24(31)19-30-16-14-29(15-17-30)13-7-10-20-8-3-2-4-9-20/h2-12,31H,13-17,19H2,1H3/p+2/b10-7+,24-21-. The number of nitrogens with zero attached hydrogens (tertiary/aromatic N) is 3. The second-order valence-corrected chi connectivity index (χ2v) is 8.11. The zero-order valence-electron chi connectivity index (χ0n) is 17.9. The third-order valence-corrected chi connectivity index (χ3v) is 6.01. The van der Waals surface area contributed by atoms with Crippen LogP contribution in [0.2, 0.25) is 0 Å². The highest BCUT2D eigenvalue weighted by atomic mass is 16.3. The number of rotatable bonds is 6. The molecule has 0 spiro atoms. The fourth-order valence-electron chi connectivity index (χ4n) is 4.20. The molecule has 158 valence electrons. The zero-order chi connectivity index (χ0) is 21.6. The fraction of sp³-hybridized carbons (Fsp3) is 0.280. The molecule has 0 atom stereocenters. The van der Waals surface area contributed by atoms with Crippen LogP contribution in [-0.4, -0.2) is 53.9 Å². The number of nitrogens with one attached hydrogen (secondary N) is 2. The summed E-state index contributed by atoms with van der Waals surface area (Å²) >= 11 is 0. The molecular formula is C25H29N5O+2. The molecule has 0 bridgehead atoms. The lowest BCUT2D eigenvalue weighted by Crippen LogP contribution is -3.28. The molecule has 3 aromatic rings. The van der Waals surface area contributed by atoms with E-state index < -0.39 is 0 Å². The summed E-state index contributed by atoms with van der Waals surface area (Å²) in [5, 5.41) is 20.5. The number of benzene rings is 2. The van der Waals surface area contributed by atoms with E-state index in [2.05, 4.69) is 47.5 Å². The number of aryl methyl sites for hydroxylation is 1. The highest BCUT2D eigenvalue weighted by Gasteiger charge is 2.25. The van der Waals surface area contributed by atoms with Crippen LogP contribution in [0.1, 0.15) is 11.4 Å². The SMILES string of the molecule is Cn1c(/C(C#N)=C(\O)C[NH+]2CC[NH+](C/C=C/c3ccccc3)CC2)nc2ccccc21. The van der Waals surface area contributed by atoms with Gasteiger partial charge in [0.2, 0.25) is 0 Å². The summed E-state index contributed by atoms with van der Waals surface area (Å²) in [5.41, 5.74) is 3.28. The summed E-state index contributed by atoms with van der Waals surface area (Å²) in [6.45, 7) is 5.51. The van der Waals surface area contributed by atoms with Crippen molar-refractivity contribution in [3.05, 3.63) is 77.8 Å². The average Bonchev–Trinajstić information content (AvgIpc) is 3.13. The van der Waals surface area contributed by atoms with Gasteiger partial charge in [-0.05, 0) is 23.8 Å². The van der Waals surface area contributed by atoms with Gasteiger partial charge in [-0.2, -0.15) is 5.26 Å². The van der Waals surface area contributed by atoms with Crippen molar-refractivity contribution in [2.24, 2.45) is 7.05 Å². The van der Waals surface area contributed by atoms with Gasteiger partial charge in [0.25, 0.3) is 0 Å². The molecule has 1 saturated heterocycles. The number of quaternary nitrogens is 2. The van der Waals surface area contributed by atoms with Crippen LogP contribution in [-0.2, 0) is 7.05 Å². The first-order valence-corrected chi connectivity index (χ1v) is 10.8. The van der Waals surface area contributed by atoms with Gasteiger partial charge in [0.1, 0.15) is 44.4 Å². The molecule has 1 aliphatic heterocycles. The first-order chi connectivity index (χ1) is 15.2. The van der Waals surface area contributed by atoms with Crippen molar-refractivity contribution >= 4 is 22.7 Å². The molecule has 6 nitrogen and oxygen atoms in total. The van der Waals surface area contributed by atoms with Crippen LogP contribution in [0.4, 0.5) is 0 Å². The van der Waals surface area contributed by atoms with Gasteiger partial charge in [0.15, 0.2) is 11.6 Å². The summed E-state index contributed by atoms with van der Waals surface area (Å²) in [4.78, 5) is 7.43. The smallest absolute Gasteiger partial charge is 0.169 e. The van der Waals surface area contributed by atoms with Gasteiger partial charge in [0.05, 0.1) is 17.6 Å². The second kappa shape index (κ2) is 9.61. The Hall–Kier alpha value is -3.40. The number of nitriles is 1. The Morgan fingerprint density at radius 3 is 2.45 bits per heavy atom. The maximum absolute atomic E-state index is 10.8. The van der Waals surface area contributed by atoms with Gasteiger partial charge in [-0.25, -0.2) is 4.98 Å². The van der Waals surface area contributed by atoms with Gasteiger partial charge in [-0.1, -0.05) is 48.5 Å². The van der Waals surface area contributed by atoms with Crippen LogP contribution < -0.4 is 9.80 Å². The summed E-state index contributed by atoms with van der Waals surface area (Å²) < 4.78 is 1.88. The van der Waals surface area contributed by atoms with Crippen molar-refractivity contribution < 1.29 is 14.9 Å². The molecule has 0 aliphatic carbocycles. The molecule has 3 N–H and O–H groups in total. The van der Waals surface area contributed by atoms with E-state index in [0.29, 0.717) is 12.4 Å². The maximum Gasteiger partial charge on any atom is 0.169 e. The van der Waals surface area contributed by atoms with Crippen LogP contribution in [0.15, 0.2) is 66.4 Å².